The van der Waals surface area contributed by atoms with Crippen LogP contribution >= 0.6 is 0 Å². The highest BCUT2D eigenvalue weighted by Gasteiger charge is 2.13. The molecule has 2 aromatic rings. The molecule has 1 aromatic heterocycles. The second-order valence-electron chi connectivity index (χ2n) is 3.83. The van der Waals surface area contributed by atoms with Gasteiger partial charge >= 0.3 is 5.97 Å². The minimum atomic E-state index is -0.580. The summed E-state index contributed by atoms with van der Waals surface area (Å²) in [4.78, 5) is 23.2. The maximum Gasteiger partial charge on any atom is 0.357 e. The third-order valence-corrected chi connectivity index (χ3v) is 2.42. The zero-order valence-electron chi connectivity index (χ0n) is 10.4. The molecule has 1 amide bonds. The molecule has 1 N–H and O–H groups in total. The molecule has 0 aliphatic heterocycles. The summed E-state index contributed by atoms with van der Waals surface area (Å²) in [5.74, 6) is -0.968. The molecule has 0 fully saturated rings. The van der Waals surface area contributed by atoms with Crippen LogP contribution in [0.4, 0.5) is 5.69 Å². The van der Waals surface area contributed by atoms with E-state index in [0.29, 0.717) is 11.4 Å². The van der Waals surface area contributed by atoms with Crippen molar-refractivity contribution in [1.29, 1.82) is 0 Å². The number of hydrogen-bond donors (Lipinski definition) is 1. The third kappa shape index (κ3) is 3.41. The molecule has 0 saturated carbocycles. The first-order chi connectivity index (χ1) is 9.16. The average Bonchev–Trinajstić information content (AvgIpc) is 2.83. The molecule has 0 aliphatic rings. The Morgan fingerprint density at radius 3 is 2.63 bits per heavy atom. The van der Waals surface area contributed by atoms with Crippen LogP contribution in [0.2, 0.25) is 0 Å². The number of anilines is 1. The maximum absolute atomic E-state index is 11.6. The highest BCUT2D eigenvalue weighted by atomic mass is 16.5. The molecule has 1 aromatic carbocycles. The van der Waals surface area contributed by atoms with E-state index in [0.717, 1.165) is 0 Å². The first-order valence-electron chi connectivity index (χ1n) is 5.67. The fourth-order valence-corrected chi connectivity index (χ4v) is 1.50. The molecule has 0 radical (unpaired) electrons. The van der Waals surface area contributed by atoms with Crippen LogP contribution in [0.5, 0.6) is 0 Å². The lowest BCUT2D eigenvalue weighted by atomic mass is 10.3. The van der Waals surface area contributed by atoms with E-state index in [1.165, 1.54) is 16.9 Å². The van der Waals surface area contributed by atoms with Crippen molar-refractivity contribution in [2.24, 2.45) is 7.05 Å². The minimum Gasteiger partial charge on any atom is -0.451 e. The number of amides is 1. The van der Waals surface area contributed by atoms with Crippen LogP contribution in [0.15, 0.2) is 42.6 Å². The topological polar surface area (TPSA) is 73.2 Å². The zero-order chi connectivity index (χ0) is 13.7. The molecule has 19 heavy (non-hydrogen) atoms. The number of benzene rings is 1. The van der Waals surface area contributed by atoms with Gasteiger partial charge in [-0.3, -0.25) is 9.48 Å². The molecule has 0 spiro atoms. The number of rotatable bonds is 4. The van der Waals surface area contributed by atoms with Gasteiger partial charge in [-0.2, -0.15) is 5.10 Å². The third-order valence-electron chi connectivity index (χ3n) is 2.42. The van der Waals surface area contributed by atoms with Crippen LogP contribution in [0.3, 0.4) is 0 Å². The molecular weight excluding hydrogens is 246 g/mol. The molecule has 0 bridgehead atoms. The minimum absolute atomic E-state index is 0.299. The smallest absolute Gasteiger partial charge is 0.357 e. The summed E-state index contributed by atoms with van der Waals surface area (Å²) in [6.45, 7) is -0.334. The van der Waals surface area contributed by atoms with E-state index in [1.54, 1.807) is 31.3 Å². The van der Waals surface area contributed by atoms with E-state index in [1.807, 2.05) is 6.07 Å². The van der Waals surface area contributed by atoms with Gasteiger partial charge in [-0.25, -0.2) is 4.79 Å². The summed E-state index contributed by atoms with van der Waals surface area (Å²) in [6, 6.07) is 10.5. The lowest BCUT2D eigenvalue weighted by Gasteiger charge is -2.06. The number of hydrogen-bond acceptors (Lipinski definition) is 4. The molecular formula is C13H13N3O3. The van der Waals surface area contributed by atoms with Gasteiger partial charge in [0.2, 0.25) is 0 Å². The summed E-state index contributed by atoms with van der Waals surface area (Å²) < 4.78 is 6.28. The molecule has 0 aliphatic carbocycles. The van der Waals surface area contributed by atoms with Crippen LogP contribution in [0.25, 0.3) is 0 Å². The Balaban J connectivity index is 1.84. The van der Waals surface area contributed by atoms with Crippen molar-refractivity contribution in [1.82, 2.24) is 9.78 Å². The van der Waals surface area contributed by atoms with Crippen molar-refractivity contribution in [3.63, 3.8) is 0 Å². The van der Waals surface area contributed by atoms with E-state index in [9.17, 15) is 9.59 Å². The summed E-state index contributed by atoms with van der Waals surface area (Å²) in [5.41, 5.74) is 0.955. The first kappa shape index (κ1) is 12.8. The number of carbonyl (C=O) groups is 2. The molecule has 0 saturated heterocycles. The molecule has 6 nitrogen and oxygen atoms in total. The van der Waals surface area contributed by atoms with Crippen molar-refractivity contribution in [2.45, 2.75) is 0 Å². The lowest BCUT2D eigenvalue weighted by molar-refractivity contribution is -0.119. The van der Waals surface area contributed by atoms with Gasteiger partial charge in [-0.1, -0.05) is 18.2 Å². The second kappa shape index (κ2) is 5.81. The number of ether oxygens (including phenoxy) is 1. The van der Waals surface area contributed by atoms with E-state index in [-0.39, 0.29) is 12.5 Å². The number of para-hydroxylation sites is 1. The number of aromatic nitrogens is 2. The maximum atomic E-state index is 11.6. The van der Waals surface area contributed by atoms with Crippen LogP contribution in [-0.4, -0.2) is 28.3 Å². The highest BCUT2D eigenvalue weighted by molar-refractivity contribution is 5.94. The lowest BCUT2D eigenvalue weighted by Crippen LogP contribution is -2.21. The molecule has 6 heteroatoms. The van der Waals surface area contributed by atoms with Crippen molar-refractivity contribution < 1.29 is 14.3 Å². The second-order valence-corrected chi connectivity index (χ2v) is 3.83. The Morgan fingerprint density at radius 2 is 2.00 bits per heavy atom. The Labute approximate surface area is 110 Å². The number of nitrogens with one attached hydrogen (secondary N) is 1. The van der Waals surface area contributed by atoms with Crippen molar-refractivity contribution in [3.05, 3.63) is 48.3 Å². The van der Waals surface area contributed by atoms with Crippen molar-refractivity contribution >= 4 is 17.6 Å². The predicted molar refractivity (Wildman–Crippen MR) is 68.6 cm³/mol. The number of nitrogens with zero attached hydrogens (tertiary/aromatic N) is 2. The Morgan fingerprint density at radius 1 is 1.26 bits per heavy atom. The normalized spacial score (nSPS) is 9.95. The Bertz CT molecular complexity index is 578. The van der Waals surface area contributed by atoms with E-state index < -0.39 is 5.97 Å². The van der Waals surface area contributed by atoms with Crippen LogP contribution in [-0.2, 0) is 16.6 Å². The van der Waals surface area contributed by atoms with Gasteiger partial charge in [0.1, 0.15) is 5.69 Å². The number of aryl methyl sites for hydroxylation is 1. The fraction of sp³-hybridized carbons (Fsp3) is 0.154. The van der Waals surface area contributed by atoms with E-state index in [2.05, 4.69) is 10.4 Å². The average molecular weight is 259 g/mol. The zero-order valence-corrected chi connectivity index (χ0v) is 10.4. The predicted octanol–water partition coefficient (Wildman–Crippen LogP) is 1.22. The summed E-state index contributed by atoms with van der Waals surface area (Å²) >= 11 is 0. The van der Waals surface area contributed by atoms with Gasteiger partial charge in [0.05, 0.1) is 0 Å². The summed E-state index contributed by atoms with van der Waals surface area (Å²) in [7, 11) is 1.63. The Hall–Kier alpha value is -2.63. The van der Waals surface area contributed by atoms with E-state index >= 15 is 0 Å². The molecule has 0 unspecified atom stereocenters. The molecule has 98 valence electrons. The summed E-state index contributed by atoms with van der Waals surface area (Å²) in [6.07, 6.45) is 1.49. The van der Waals surface area contributed by atoms with Gasteiger partial charge in [0, 0.05) is 18.9 Å². The largest absolute Gasteiger partial charge is 0.451 e. The first-order valence-corrected chi connectivity index (χ1v) is 5.67. The van der Waals surface area contributed by atoms with Crippen LogP contribution in [0.1, 0.15) is 10.5 Å². The van der Waals surface area contributed by atoms with Gasteiger partial charge in [-0.05, 0) is 18.2 Å². The van der Waals surface area contributed by atoms with Crippen molar-refractivity contribution in [3.8, 4) is 0 Å². The SMILES string of the molecule is Cn1nccc1C(=O)OCC(=O)Nc1ccccc1. The summed E-state index contributed by atoms with van der Waals surface area (Å²) in [5, 5.41) is 6.47. The molecule has 1 heterocycles. The number of carbonyl (C=O) groups excluding carboxylic acids is 2. The van der Waals surface area contributed by atoms with Crippen LogP contribution < -0.4 is 5.32 Å². The molecule has 0 atom stereocenters. The van der Waals surface area contributed by atoms with E-state index in [4.69, 9.17) is 4.74 Å². The monoisotopic (exact) mass is 259 g/mol. The molecule has 2 rings (SSSR count). The standard InChI is InChI=1S/C13H13N3O3/c1-16-11(7-8-14-16)13(18)19-9-12(17)15-10-5-3-2-4-6-10/h2-8H,9H2,1H3,(H,15,17). The van der Waals surface area contributed by atoms with Gasteiger partial charge < -0.3 is 10.1 Å². The van der Waals surface area contributed by atoms with Gasteiger partial charge in [-0.15, -0.1) is 0 Å². The van der Waals surface area contributed by atoms with Crippen LogP contribution in [0, 0.1) is 0 Å². The fourth-order valence-electron chi connectivity index (χ4n) is 1.50. The Kier molecular flexibility index (Phi) is 3.92. The van der Waals surface area contributed by atoms with Gasteiger partial charge in [0.25, 0.3) is 5.91 Å². The van der Waals surface area contributed by atoms with Gasteiger partial charge in [0.15, 0.2) is 6.61 Å². The number of esters is 1. The van der Waals surface area contributed by atoms with Crippen molar-refractivity contribution in [2.75, 3.05) is 11.9 Å². The quantitative estimate of drug-likeness (QED) is 0.838. The highest BCUT2D eigenvalue weighted by Crippen LogP contribution is 2.05.